The van der Waals surface area contributed by atoms with Crippen LogP contribution in [-0.2, 0) is 9.47 Å². The van der Waals surface area contributed by atoms with Gasteiger partial charge < -0.3 is 19.7 Å². The molecule has 3 unspecified atom stereocenters. The molecule has 1 aliphatic heterocycles. The largest absolute Gasteiger partial charge is 0.388 e. The van der Waals surface area contributed by atoms with Gasteiger partial charge in [0.25, 0.3) is 0 Å². The summed E-state index contributed by atoms with van der Waals surface area (Å²) in [6.07, 6.45) is -1.78. The van der Waals surface area contributed by atoms with Gasteiger partial charge in [0.05, 0.1) is 13.2 Å². The minimum absolute atomic E-state index is 0.133. The molecular weight excluding hydrogens is 136 g/mol. The Morgan fingerprint density at radius 2 is 2.30 bits per heavy atom. The maximum Gasteiger partial charge on any atom is 0.180 e. The van der Waals surface area contributed by atoms with Crippen molar-refractivity contribution in [2.75, 3.05) is 13.2 Å². The second kappa shape index (κ2) is 3.30. The molecule has 0 amide bonds. The summed E-state index contributed by atoms with van der Waals surface area (Å²) in [5.41, 5.74) is 0. The summed E-state index contributed by atoms with van der Waals surface area (Å²) in [7, 11) is 0. The van der Waals surface area contributed by atoms with Crippen LogP contribution in [0.5, 0.6) is 0 Å². The zero-order chi connectivity index (χ0) is 7.56. The molecule has 60 valence electrons. The van der Waals surface area contributed by atoms with Crippen molar-refractivity contribution in [1.82, 2.24) is 0 Å². The first-order valence-corrected chi connectivity index (χ1v) is 3.29. The number of hydrogen-bond donors (Lipinski definition) is 2. The van der Waals surface area contributed by atoms with Gasteiger partial charge in [0, 0.05) is 0 Å². The first-order valence-electron chi connectivity index (χ1n) is 3.29. The van der Waals surface area contributed by atoms with E-state index in [0.29, 0.717) is 13.2 Å². The number of epoxide rings is 1. The van der Waals surface area contributed by atoms with E-state index in [9.17, 15) is 0 Å². The van der Waals surface area contributed by atoms with Crippen LogP contribution in [-0.4, -0.2) is 41.9 Å². The highest BCUT2D eigenvalue weighted by Gasteiger charge is 2.24. The predicted molar refractivity (Wildman–Crippen MR) is 33.4 cm³/mol. The molecule has 1 aliphatic rings. The van der Waals surface area contributed by atoms with Crippen LogP contribution in [0.3, 0.4) is 0 Å². The Morgan fingerprint density at radius 1 is 1.70 bits per heavy atom. The molecule has 0 radical (unpaired) electrons. The summed E-state index contributed by atoms with van der Waals surface area (Å²) < 4.78 is 9.63. The Balaban J connectivity index is 1.99. The lowest BCUT2D eigenvalue weighted by molar-refractivity contribution is -0.158. The number of ether oxygens (including phenoxy) is 2. The van der Waals surface area contributed by atoms with Gasteiger partial charge in [-0.25, -0.2) is 0 Å². The van der Waals surface area contributed by atoms with Gasteiger partial charge in [-0.15, -0.1) is 0 Å². The summed E-state index contributed by atoms with van der Waals surface area (Å²) in [5, 5.41) is 17.6. The van der Waals surface area contributed by atoms with Crippen molar-refractivity contribution in [3.8, 4) is 0 Å². The average Bonchev–Trinajstić information content (AvgIpc) is 2.64. The molecule has 0 aliphatic carbocycles. The van der Waals surface area contributed by atoms with E-state index < -0.39 is 12.4 Å². The fourth-order valence-electron chi connectivity index (χ4n) is 0.509. The van der Waals surface area contributed by atoms with Gasteiger partial charge in [-0.05, 0) is 6.92 Å². The van der Waals surface area contributed by atoms with Crippen LogP contribution in [0.4, 0.5) is 0 Å². The molecule has 0 aromatic heterocycles. The van der Waals surface area contributed by atoms with Crippen molar-refractivity contribution in [1.29, 1.82) is 0 Å². The highest BCUT2D eigenvalue weighted by Crippen LogP contribution is 2.09. The minimum Gasteiger partial charge on any atom is -0.388 e. The second-order valence-electron chi connectivity index (χ2n) is 2.42. The SMILES string of the molecule is CC(O)C(O)OCC1CO1. The number of hydrogen-bond acceptors (Lipinski definition) is 4. The Hall–Kier alpha value is -0.160. The van der Waals surface area contributed by atoms with E-state index in [4.69, 9.17) is 19.7 Å². The number of aliphatic hydroxyl groups is 2. The molecule has 4 nitrogen and oxygen atoms in total. The average molecular weight is 148 g/mol. The van der Waals surface area contributed by atoms with Gasteiger partial charge in [-0.1, -0.05) is 0 Å². The van der Waals surface area contributed by atoms with Crippen molar-refractivity contribution >= 4 is 0 Å². The number of rotatable bonds is 4. The maximum absolute atomic E-state index is 8.88. The van der Waals surface area contributed by atoms with Crippen molar-refractivity contribution in [3.05, 3.63) is 0 Å². The molecule has 1 rings (SSSR count). The van der Waals surface area contributed by atoms with E-state index in [1.165, 1.54) is 6.92 Å². The molecule has 3 atom stereocenters. The molecule has 0 bridgehead atoms. The summed E-state index contributed by atoms with van der Waals surface area (Å²) in [4.78, 5) is 0. The van der Waals surface area contributed by atoms with Crippen LogP contribution < -0.4 is 0 Å². The molecule has 2 N–H and O–H groups in total. The number of aliphatic hydroxyl groups excluding tert-OH is 2. The standard InChI is InChI=1S/C6H12O4/c1-4(7)6(8)10-3-5-2-9-5/h4-8H,2-3H2,1H3. The third-order valence-corrected chi connectivity index (χ3v) is 1.27. The Bertz CT molecular complexity index is 99.9. The van der Waals surface area contributed by atoms with E-state index in [1.54, 1.807) is 0 Å². The summed E-state index contributed by atoms with van der Waals surface area (Å²) in [6.45, 7) is 2.54. The molecule has 0 aromatic carbocycles. The second-order valence-corrected chi connectivity index (χ2v) is 2.42. The van der Waals surface area contributed by atoms with E-state index in [1.807, 2.05) is 0 Å². The monoisotopic (exact) mass is 148 g/mol. The highest BCUT2D eigenvalue weighted by atomic mass is 16.6. The lowest BCUT2D eigenvalue weighted by Crippen LogP contribution is -2.27. The van der Waals surface area contributed by atoms with Gasteiger partial charge >= 0.3 is 0 Å². The van der Waals surface area contributed by atoms with Gasteiger partial charge in [-0.3, -0.25) is 0 Å². The smallest absolute Gasteiger partial charge is 0.180 e. The fourth-order valence-corrected chi connectivity index (χ4v) is 0.509. The van der Waals surface area contributed by atoms with Gasteiger partial charge in [-0.2, -0.15) is 0 Å². The maximum atomic E-state index is 8.88. The lowest BCUT2D eigenvalue weighted by atomic mass is 10.4. The minimum atomic E-state index is -1.08. The third-order valence-electron chi connectivity index (χ3n) is 1.27. The van der Waals surface area contributed by atoms with Crippen LogP contribution in [0.1, 0.15) is 6.92 Å². The molecule has 1 saturated heterocycles. The first-order chi connectivity index (χ1) is 4.70. The van der Waals surface area contributed by atoms with Crippen molar-refractivity contribution in [3.63, 3.8) is 0 Å². The molecule has 0 saturated carbocycles. The molecule has 4 heteroatoms. The van der Waals surface area contributed by atoms with Crippen LogP contribution in [0.15, 0.2) is 0 Å². The summed E-state index contributed by atoms with van der Waals surface area (Å²) in [5.74, 6) is 0. The highest BCUT2D eigenvalue weighted by molar-refractivity contribution is 4.67. The molecule has 10 heavy (non-hydrogen) atoms. The van der Waals surface area contributed by atoms with Crippen LogP contribution in [0.25, 0.3) is 0 Å². The normalized spacial score (nSPS) is 29.7. The van der Waals surface area contributed by atoms with E-state index in [2.05, 4.69) is 0 Å². The van der Waals surface area contributed by atoms with Crippen LogP contribution >= 0.6 is 0 Å². The molecule has 1 heterocycles. The van der Waals surface area contributed by atoms with Crippen molar-refractivity contribution in [2.45, 2.75) is 25.4 Å². The fraction of sp³-hybridized carbons (Fsp3) is 1.00. The van der Waals surface area contributed by atoms with E-state index >= 15 is 0 Å². The third kappa shape index (κ3) is 2.62. The summed E-state index contributed by atoms with van der Waals surface area (Å²) >= 11 is 0. The summed E-state index contributed by atoms with van der Waals surface area (Å²) in [6, 6.07) is 0. The van der Waals surface area contributed by atoms with Gasteiger partial charge in [0.1, 0.15) is 12.2 Å². The Labute approximate surface area is 59.4 Å². The first kappa shape index (κ1) is 7.94. The zero-order valence-corrected chi connectivity index (χ0v) is 5.86. The topological polar surface area (TPSA) is 62.2 Å². The molecule has 1 fully saturated rings. The van der Waals surface area contributed by atoms with Crippen molar-refractivity contribution in [2.24, 2.45) is 0 Å². The van der Waals surface area contributed by atoms with Crippen LogP contribution in [0.2, 0.25) is 0 Å². The zero-order valence-electron chi connectivity index (χ0n) is 5.86. The van der Waals surface area contributed by atoms with E-state index in [-0.39, 0.29) is 6.10 Å². The van der Waals surface area contributed by atoms with E-state index in [0.717, 1.165) is 0 Å². The molecular formula is C6H12O4. The lowest BCUT2D eigenvalue weighted by Gasteiger charge is -2.12. The predicted octanol–water partition coefficient (Wildman–Crippen LogP) is -0.899. The van der Waals surface area contributed by atoms with Crippen molar-refractivity contribution < 1.29 is 19.7 Å². The van der Waals surface area contributed by atoms with Gasteiger partial charge in [0.15, 0.2) is 6.29 Å². The van der Waals surface area contributed by atoms with Crippen LogP contribution in [0, 0.1) is 0 Å². The van der Waals surface area contributed by atoms with Gasteiger partial charge in [0.2, 0.25) is 0 Å². The molecule has 0 spiro atoms. The Morgan fingerprint density at radius 3 is 2.70 bits per heavy atom. The molecule has 0 aromatic rings. The Kier molecular flexibility index (Phi) is 2.62. The quantitative estimate of drug-likeness (QED) is 0.400.